The zero-order chi connectivity index (χ0) is 13.5. The van der Waals surface area contributed by atoms with Crippen molar-refractivity contribution in [3.05, 3.63) is 0 Å². The molecule has 1 aliphatic rings. The van der Waals surface area contributed by atoms with Gasteiger partial charge >= 0.3 is 0 Å². The van der Waals surface area contributed by atoms with Gasteiger partial charge in [0.1, 0.15) is 0 Å². The number of amides is 3. The SMILES string of the molecule is CCC(O)CCNC(=O)CCN1C(=O)CCC1=O. The highest BCUT2D eigenvalue weighted by molar-refractivity contribution is 6.02. The van der Waals surface area contributed by atoms with Gasteiger partial charge in [0.05, 0.1) is 6.10 Å². The van der Waals surface area contributed by atoms with E-state index in [9.17, 15) is 19.5 Å². The van der Waals surface area contributed by atoms with Gasteiger partial charge in [0, 0.05) is 32.4 Å². The number of carbonyl (C=O) groups is 3. The van der Waals surface area contributed by atoms with Gasteiger partial charge in [-0.15, -0.1) is 0 Å². The molecule has 0 aromatic carbocycles. The summed E-state index contributed by atoms with van der Waals surface area (Å²) in [6, 6.07) is 0. The van der Waals surface area contributed by atoms with Crippen LogP contribution in [-0.2, 0) is 14.4 Å². The number of nitrogens with zero attached hydrogens (tertiary/aromatic N) is 1. The van der Waals surface area contributed by atoms with Crippen molar-refractivity contribution in [3.8, 4) is 0 Å². The van der Waals surface area contributed by atoms with Crippen LogP contribution in [0.25, 0.3) is 0 Å². The third kappa shape index (κ3) is 4.44. The van der Waals surface area contributed by atoms with Crippen LogP contribution < -0.4 is 5.32 Å². The smallest absolute Gasteiger partial charge is 0.229 e. The second kappa shape index (κ2) is 7.10. The van der Waals surface area contributed by atoms with Crippen LogP contribution in [0, 0.1) is 0 Å². The van der Waals surface area contributed by atoms with Crippen molar-refractivity contribution in [1.82, 2.24) is 10.2 Å². The Morgan fingerprint density at radius 1 is 1.39 bits per heavy atom. The Morgan fingerprint density at radius 2 is 2.00 bits per heavy atom. The Bertz CT molecular complexity index is 314. The molecule has 1 fully saturated rings. The topological polar surface area (TPSA) is 86.7 Å². The van der Waals surface area contributed by atoms with Gasteiger partial charge in [0.2, 0.25) is 17.7 Å². The van der Waals surface area contributed by atoms with Crippen LogP contribution in [0.3, 0.4) is 0 Å². The number of nitrogens with one attached hydrogen (secondary N) is 1. The molecule has 1 rings (SSSR count). The largest absolute Gasteiger partial charge is 0.393 e. The summed E-state index contributed by atoms with van der Waals surface area (Å²) in [6.07, 6.45) is 1.41. The minimum absolute atomic E-state index is 0.125. The average molecular weight is 256 g/mol. The van der Waals surface area contributed by atoms with Crippen LogP contribution >= 0.6 is 0 Å². The van der Waals surface area contributed by atoms with Crippen molar-refractivity contribution in [2.24, 2.45) is 0 Å². The lowest BCUT2D eigenvalue weighted by Crippen LogP contribution is -2.34. The highest BCUT2D eigenvalue weighted by Gasteiger charge is 2.28. The fraction of sp³-hybridized carbons (Fsp3) is 0.750. The molecule has 1 atom stereocenters. The minimum Gasteiger partial charge on any atom is -0.393 e. The number of rotatable bonds is 7. The van der Waals surface area contributed by atoms with Crippen LogP contribution in [0.4, 0.5) is 0 Å². The minimum atomic E-state index is -0.396. The lowest BCUT2D eigenvalue weighted by Gasteiger charge is -2.13. The van der Waals surface area contributed by atoms with Gasteiger partial charge in [-0.3, -0.25) is 19.3 Å². The zero-order valence-electron chi connectivity index (χ0n) is 10.6. The summed E-state index contributed by atoms with van der Waals surface area (Å²) in [6.45, 7) is 2.44. The first-order chi connectivity index (χ1) is 8.54. The van der Waals surface area contributed by atoms with E-state index in [1.807, 2.05) is 6.92 Å². The Balaban J connectivity index is 2.17. The molecule has 1 heterocycles. The summed E-state index contributed by atoms with van der Waals surface area (Å²) in [5, 5.41) is 11.9. The lowest BCUT2D eigenvalue weighted by molar-refractivity contribution is -0.138. The molecule has 6 nitrogen and oxygen atoms in total. The van der Waals surface area contributed by atoms with E-state index in [0.29, 0.717) is 19.4 Å². The van der Waals surface area contributed by atoms with Crippen molar-refractivity contribution in [1.29, 1.82) is 0 Å². The Kier molecular flexibility index (Phi) is 5.77. The lowest BCUT2D eigenvalue weighted by atomic mass is 10.2. The summed E-state index contributed by atoms with van der Waals surface area (Å²) < 4.78 is 0. The fourth-order valence-electron chi connectivity index (χ4n) is 1.76. The molecular weight excluding hydrogens is 236 g/mol. The number of imide groups is 1. The Labute approximate surface area is 106 Å². The normalized spacial score (nSPS) is 17.1. The van der Waals surface area contributed by atoms with Crippen LogP contribution in [0.1, 0.15) is 39.0 Å². The van der Waals surface area contributed by atoms with E-state index in [1.54, 1.807) is 0 Å². The van der Waals surface area contributed by atoms with E-state index < -0.39 is 6.10 Å². The number of carbonyl (C=O) groups excluding carboxylic acids is 3. The summed E-state index contributed by atoms with van der Waals surface area (Å²) >= 11 is 0. The van der Waals surface area contributed by atoms with Crippen molar-refractivity contribution in [2.75, 3.05) is 13.1 Å². The Hall–Kier alpha value is -1.43. The molecule has 3 amide bonds. The standard InChI is InChI=1S/C12H20N2O4/c1-2-9(15)5-7-13-10(16)6-8-14-11(17)3-4-12(14)18/h9,15H,2-8H2,1H3,(H,13,16). The summed E-state index contributed by atoms with van der Waals surface area (Å²) in [7, 11) is 0. The van der Waals surface area contributed by atoms with Crippen LogP contribution in [0.15, 0.2) is 0 Å². The van der Waals surface area contributed by atoms with E-state index >= 15 is 0 Å². The third-order valence-corrected chi connectivity index (χ3v) is 2.99. The molecule has 0 aromatic heterocycles. The van der Waals surface area contributed by atoms with E-state index in [2.05, 4.69) is 5.32 Å². The zero-order valence-corrected chi connectivity index (χ0v) is 10.6. The number of hydrogen-bond acceptors (Lipinski definition) is 4. The molecule has 0 radical (unpaired) electrons. The molecule has 1 unspecified atom stereocenters. The molecule has 1 aliphatic heterocycles. The highest BCUT2D eigenvalue weighted by atomic mass is 16.3. The average Bonchev–Trinajstić information content (AvgIpc) is 2.66. The molecule has 1 saturated heterocycles. The first-order valence-electron chi connectivity index (χ1n) is 6.32. The number of likely N-dealkylation sites (tertiary alicyclic amines) is 1. The number of aliphatic hydroxyl groups is 1. The quantitative estimate of drug-likeness (QED) is 0.618. The summed E-state index contributed by atoms with van der Waals surface area (Å²) in [5.41, 5.74) is 0. The molecule has 0 aliphatic carbocycles. The van der Waals surface area contributed by atoms with E-state index in [-0.39, 0.29) is 43.5 Å². The fourth-order valence-corrected chi connectivity index (χ4v) is 1.76. The van der Waals surface area contributed by atoms with Gasteiger partial charge in [0.15, 0.2) is 0 Å². The molecule has 6 heteroatoms. The van der Waals surface area contributed by atoms with Crippen molar-refractivity contribution < 1.29 is 19.5 Å². The van der Waals surface area contributed by atoms with Crippen molar-refractivity contribution in [2.45, 2.75) is 45.1 Å². The van der Waals surface area contributed by atoms with E-state index in [1.165, 1.54) is 0 Å². The van der Waals surface area contributed by atoms with Gasteiger partial charge in [-0.05, 0) is 12.8 Å². The maximum Gasteiger partial charge on any atom is 0.229 e. The first-order valence-corrected chi connectivity index (χ1v) is 6.32. The maximum absolute atomic E-state index is 11.4. The second-order valence-corrected chi connectivity index (χ2v) is 4.39. The number of hydrogen-bond donors (Lipinski definition) is 2. The molecule has 0 bridgehead atoms. The maximum atomic E-state index is 11.4. The van der Waals surface area contributed by atoms with Gasteiger partial charge in [0.25, 0.3) is 0 Å². The number of aliphatic hydroxyl groups excluding tert-OH is 1. The van der Waals surface area contributed by atoms with Gasteiger partial charge in [-0.25, -0.2) is 0 Å². The van der Waals surface area contributed by atoms with Crippen LogP contribution in [-0.4, -0.2) is 46.9 Å². The van der Waals surface area contributed by atoms with Crippen molar-refractivity contribution >= 4 is 17.7 Å². The van der Waals surface area contributed by atoms with E-state index in [0.717, 1.165) is 4.90 Å². The third-order valence-electron chi connectivity index (χ3n) is 2.99. The van der Waals surface area contributed by atoms with Gasteiger partial charge in [-0.1, -0.05) is 6.92 Å². The molecule has 0 aromatic rings. The molecule has 102 valence electrons. The molecule has 0 saturated carbocycles. The molecule has 18 heavy (non-hydrogen) atoms. The molecular formula is C12H20N2O4. The predicted molar refractivity (Wildman–Crippen MR) is 64.5 cm³/mol. The summed E-state index contributed by atoms with van der Waals surface area (Å²) in [4.78, 5) is 35.1. The van der Waals surface area contributed by atoms with Gasteiger partial charge < -0.3 is 10.4 Å². The van der Waals surface area contributed by atoms with Crippen LogP contribution in [0.2, 0.25) is 0 Å². The molecule has 0 spiro atoms. The van der Waals surface area contributed by atoms with Gasteiger partial charge in [-0.2, -0.15) is 0 Å². The van der Waals surface area contributed by atoms with Crippen LogP contribution in [0.5, 0.6) is 0 Å². The molecule has 2 N–H and O–H groups in total. The van der Waals surface area contributed by atoms with Crippen molar-refractivity contribution in [3.63, 3.8) is 0 Å². The highest BCUT2D eigenvalue weighted by Crippen LogP contribution is 2.11. The first kappa shape index (κ1) is 14.6. The van der Waals surface area contributed by atoms with E-state index in [4.69, 9.17) is 0 Å². The Morgan fingerprint density at radius 3 is 2.56 bits per heavy atom. The monoisotopic (exact) mass is 256 g/mol. The summed E-state index contributed by atoms with van der Waals surface area (Å²) in [5.74, 6) is -0.603. The second-order valence-electron chi connectivity index (χ2n) is 4.39. The predicted octanol–water partition coefficient (Wildman–Crippen LogP) is -0.197.